The Labute approximate surface area is 169 Å². The van der Waals surface area contributed by atoms with E-state index in [0.29, 0.717) is 22.0 Å². The minimum absolute atomic E-state index is 0.170. The first-order valence-electron chi connectivity index (χ1n) is 8.47. The van der Waals surface area contributed by atoms with Crippen LogP contribution < -0.4 is 4.72 Å². The van der Waals surface area contributed by atoms with Crippen LogP contribution in [0.15, 0.2) is 82.8 Å². The number of benzene rings is 3. The van der Waals surface area contributed by atoms with Gasteiger partial charge in [0.05, 0.1) is 10.6 Å². The quantitative estimate of drug-likeness (QED) is 0.463. The Kier molecular flexibility index (Phi) is 6.02. The van der Waals surface area contributed by atoms with Crippen molar-refractivity contribution in [2.45, 2.75) is 11.8 Å². The van der Waals surface area contributed by atoms with E-state index in [1.54, 1.807) is 42.5 Å². The molecule has 3 rings (SSSR count). The molecule has 0 heterocycles. The van der Waals surface area contributed by atoms with Crippen LogP contribution in [0.5, 0.6) is 0 Å². The third-order valence-electron chi connectivity index (χ3n) is 4.04. The van der Waals surface area contributed by atoms with Gasteiger partial charge in [-0.1, -0.05) is 64.8 Å². The van der Waals surface area contributed by atoms with Crippen molar-refractivity contribution < 1.29 is 13.3 Å². The molecule has 144 valence electrons. The molecular weight excluding hydrogens is 396 g/mol. The molecule has 0 unspecified atom stereocenters. The molecule has 0 aliphatic rings. The molecule has 0 bridgehead atoms. The predicted molar refractivity (Wildman–Crippen MR) is 113 cm³/mol. The fourth-order valence-corrected chi connectivity index (χ4v) is 3.92. The predicted octanol–water partition coefficient (Wildman–Crippen LogP) is 4.85. The zero-order valence-electron chi connectivity index (χ0n) is 15.4. The van der Waals surface area contributed by atoms with Crippen LogP contribution in [-0.4, -0.2) is 21.2 Å². The Balaban J connectivity index is 2.08. The van der Waals surface area contributed by atoms with Crippen molar-refractivity contribution in [2.75, 3.05) is 11.8 Å². The summed E-state index contributed by atoms with van der Waals surface area (Å²) >= 11 is 6.18. The fourth-order valence-electron chi connectivity index (χ4n) is 2.67. The molecule has 0 spiro atoms. The molecule has 0 fully saturated rings. The third-order valence-corrected chi connectivity index (χ3v) is 5.66. The summed E-state index contributed by atoms with van der Waals surface area (Å²) in [5.74, 6) is 0. The molecule has 0 aliphatic heterocycles. The summed E-state index contributed by atoms with van der Waals surface area (Å²) in [7, 11) is -2.35. The van der Waals surface area contributed by atoms with Crippen molar-refractivity contribution in [2.24, 2.45) is 5.16 Å². The van der Waals surface area contributed by atoms with E-state index >= 15 is 0 Å². The van der Waals surface area contributed by atoms with Gasteiger partial charge < -0.3 is 4.84 Å². The molecule has 28 heavy (non-hydrogen) atoms. The molecule has 0 saturated carbocycles. The van der Waals surface area contributed by atoms with Gasteiger partial charge in [0.25, 0.3) is 10.0 Å². The topological polar surface area (TPSA) is 67.8 Å². The molecule has 0 aliphatic carbocycles. The number of sulfonamides is 1. The van der Waals surface area contributed by atoms with Crippen molar-refractivity contribution in [1.29, 1.82) is 0 Å². The molecule has 5 nitrogen and oxygen atoms in total. The SMILES string of the molecule is CO/N=C(\c1ccccc1)c1cc(Cl)ccc1NS(=O)(=O)c1ccc(C)cc1. The molecular formula is C21H19ClN2O3S. The fraction of sp³-hybridized carbons (Fsp3) is 0.0952. The van der Waals surface area contributed by atoms with Crippen LogP contribution >= 0.6 is 11.6 Å². The normalized spacial score (nSPS) is 11.9. The lowest BCUT2D eigenvalue weighted by atomic mass is 10.0. The van der Waals surface area contributed by atoms with Crippen molar-refractivity contribution in [3.63, 3.8) is 0 Å². The monoisotopic (exact) mass is 414 g/mol. The standard InChI is InChI=1S/C21H19ClN2O3S/c1-15-8-11-18(12-9-15)28(25,26)24-20-13-10-17(22)14-19(20)21(23-27-2)16-6-4-3-5-7-16/h3-14,24H,1-2H3/b23-21+. The van der Waals surface area contributed by atoms with Crippen LogP contribution in [-0.2, 0) is 14.9 Å². The third kappa shape index (κ3) is 4.52. The van der Waals surface area contributed by atoms with E-state index in [1.165, 1.54) is 7.11 Å². The maximum atomic E-state index is 12.9. The van der Waals surface area contributed by atoms with Gasteiger partial charge in [0.15, 0.2) is 0 Å². The highest BCUT2D eigenvalue weighted by Crippen LogP contribution is 2.27. The van der Waals surface area contributed by atoms with E-state index in [1.807, 2.05) is 37.3 Å². The molecule has 0 aromatic heterocycles. The van der Waals surface area contributed by atoms with Gasteiger partial charge in [-0.25, -0.2) is 8.42 Å². The first kappa shape index (κ1) is 19.9. The number of nitrogens with zero attached hydrogens (tertiary/aromatic N) is 1. The van der Waals surface area contributed by atoms with E-state index in [9.17, 15) is 8.42 Å². The molecule has 0 atom stereocenters. The highest BCUT2D eigenvalue weighted by atomic mass is 35.5. The van der Waals surface area contributed by atoms with Crippen LogP contribution in [0.3, 0.4) is 0 Å². The number of nitrogens with one attached hydrogen (secondary N) is 1. The second-order valence-electron chi connectivity index (χ2n) is 6.10. The first-order valence-corrected chi connectivity index (χ1v) is 10.3. The lowest BCUT2D eigenvalue weighted by molar-refractivity contribution is 0.214. The number of hydrogen-bond acceptors (Lipinski definition) is 4. The zero-order valence-corrected chi connectivity index (χ0v) is 17.0. The van der Waals surface area contributed by atoms with Crippen molar-refractivity contribution >= 4 is 33.0 Å². The Morgan fingerprint density at radius 2 is 1.68 bits per heavy atom. The van der Waals surface area contributed by atoms with Crippen LogP contribution in [0, 0.1) is 6.92 Å². The summed E-state index contributed by atoms with van der Waals surface area (Å²) < 4.78 is 28.3. The van der Waals surface area contributed by atoms with Gasteiger partial charge in [-0.15, -0.1) is 0 Å². The van der Waals surface area contributed by atoms with Crippen molar-refractivity contribution in [3.8, 4) is 0 Å². The Hall–Kier alpha value is -2.83. The summed E-state index contributed by atoms with van der Waals surface area (Å²) in [5, 5.41) is 4.56. The van der Waals surface area contributed by atoms with Gasteiger partial charge in [-0.2, -0.15) is 0 Å². The van der Waals surface area contributed by atoms with Gasteiger partial charge in [0.1, 0.15) is 12.8 Å². The summed E-state index contributed by atoms with van der Waals surface area (Å²) in [4.78, 5) is 5.17. The highest BCUT2D eigenvalue weighted by Gasteiger charge is 2.19. The van der Waals surface area contributed by atoms with Crippen LogP contribution in [0.25, 0.3) is 0 Å². The maximum Gasteiger partial charge on any atom is 0.261 e. The van der Waals surface area contributed by atoms with E-state index in [-0.39, 0.29) is 4.90 Å². The summed E-state index contributed by atoms with van der Waals surface area (Å²) in [6.07, 6.45) is 0. The lowest BCUT2D eigenvalue weighted by Gasteiger charge is -2.15. The maximum absolute atomic E-state index is 12.9. The van der Waals surface area contributed by atoms with E-state index < -0.39 is 10.0 Å². The second-order valence-corrected chi connectivity index (χ2v) is 8.22. The van der Waals surface area contributed by atoms with Gasteiger partial charge >= 0.3 is 0 Å². The van der Waals surface area contributed by atoms with Crippen LogP contribution in [0.4, 0.5) is 5.69 Å². The average molecular weight is 415 g/mol. The number of halogens is 1. The average Bonchev–Trinajstić information content (AvgIpc) is 2.68. The van der Waals surface area contributed by atoms with Gasteiger partial charge in [-0.05, 0) is 37.3 Å². The minimum atomic E-state index is -3.78. The van der Waals surface area contributed by atoms with E-state index in [0.717, 1.165) is 11.1 Å². The van der Waals surface area contributed by atoms with E-state index in [4.69, 9.17) is 16.4 Å². The Morgan fingerprint density at radius 1 is 1.00 bits per heavy atom. The summed E-state index contributed by atoms with van der Waals surface area (Å²) in [5.41, 5.74) is 3.07. The minimum Gasteiger partial charge on any atom is -0.399 e. The summed E-state index contributed by atoms with van der Waals surface area (Å²) in [6, 6.07) is 20.8. The second kappa shape index (κ2) is 8.46. The van der Waals surface area contributed by atoms with Crippen molar-refractivity contribution in [3.05, 3.63) is 94.5 Å². The largest absolute Gasteiger partial charge is 0.399 e. The van der Waals surface area contributed by atoms with Gasteiger partial charge in [-0.3, -0.25) is 4.72 Å². The molecule has 7 heteroatoms. The number of oxime groups is 1. The number of anilines is 1. The Bertz CT molecular complexity index is 1100. The van der Waals surface area contributed by atoms with Gasteiger partial charge in [0, 0.05) is 16.1 Å². The number of aryl methyl sites for hydroxylation is 1. The molecule has 0 radical (unpaired) electrons. The number of rotatable bonds is 6. The molecule has 0 saturated heterocycles. The molecule has 0 amide bonds. The highest BCUT2D eigenvalue weighted by molar-refractivity contribution is 7.92. The van der Waals surface area contributed by atoms with E-state index in [2.05, 4.69) is 9.88 Å². The zero-order chi connectivity index (χ0) is 20.1. The first-order chi connectivity index (χ1) is 13.4. The molecule has 3 aromatic carbocycles. The molecule has 3 aromatic rings. The van der Waals surface area contributed by atoms with Crippen LogP contribution in [0.2, 0.25) is 5.02 Å². The Morgan fingerprint density at radius 3 is 2.32 bits per heavy atom. The summed E-state index contributed by atoms with van der Waals surface area (Å²) in [6.45, 7) is 1.90. The smallest absolute Gasteiger partial charge is 0.261 e. The lowest BCUT2D eigenvalue weighted by Crippen LogP contribution is -2.16. The van der Waals surface area contributed by atoms with Gasteiger partial charge in [0.2, 0.25) is 0 Å². The number of hydrogen-bond donors (Lipinski definition) is 1. The molecule has 1 N–H and O–H groups in total. The van der Waals surface area contributed by atoms with Crippen LogP contribution in [0.1, 0.15) is 16.7 Å². The van der Waals surface area contributed by atoms with Crippen molar-refractivity contribution in [1.82, 2.24) is 0 Å².